The summed E-state index contributed by atoms with van der Waals surface area (Å²) in [6.45, 7) is 4.43. The minimum absolute atomic E-state index is 0.0569. The molecule has 19 heteroatoms. The maximum atomic E-state index is 13.8. The highest BCUT2D eigenvalue weighted by Crippen LogP contribution is 2.37. The molecule has 0 unspecified atom stereocenters. The number of amidine groups is 1. The highest BCUT2D eigenvalue weighted by Gasteiger charge is 2.30. The third-order valence-electron chi connectivity index (χ3n) is 6.61. The summed E-state index contributed by atoms with van der Waals surface area (Å²) in [5, 5.41) is 16.6. The molecule has 256 valence electrons. The van der Waals surface area contributed by atoms with Crippen molar-refractivity contribution in [2.24, 2.45) is 4.99 Å². The van der Waals surface area contributed by atoms with Crippen LogP contribution in [0.3, 0.4) is 0 Å². The number of ether oxygens (including phenoxy) is 2. The van der Waals surface area contributed by atoms with E-state index >= 15 is 0 Å². The van der Waals surface area contributed by atoms with Crippen LogP contribution in [-0.4, -0.2) is 69.3 Å². The van der Waals surface area contributed by atoms with Crippen molar-refractivity contribution in [2.75, 3.05) is 23.6 Å². The van der Waals surface area contributed by atoms with Crippen molar-refractivity contribution >= 4 is 55.4 Å². The zero-order valence-corrected chi connectivity index (χ0v) is 27.0. The predicted molar refractivity (Wildman–Crippen MR) is 173 cm³/mol. The van der Waals surface area contributed by atoms with E-state index in [1.165, 1.54) is 42.8 Å². The van der Waals surface area contributed by atoms with E-state index in [0.29, 0.717) is 24.0 Å². The number of amides is 3. The number of rotatable bonds is 12. The van der Waals surface area contributed by atoms with Gasteiger partial charge in [0.05, 0.1) is 22.5 Å². The number of nitrogens with zero attached hydrogens (tertiary/aromatic N) is 3. The molecule has 0 saturated carbocycles. The van der Waals surface area contributed by atoms with E-state index in [4.69, 9.17) is 29.2 Å². The molecular formula is C30H30N7O11P. The molecule has 0 aliphatic rings. The number of nitrogens with one attached hydrogen (secondary N) is 4. The molecule has 0 bridgehead atoms. The lowest BCUT2D eigenvalue weighted by atomic mass is 10.1. The number of phosphoric ester groups is 1. The lowest BCUT2D eigenvalue weighted by Crippen LogP contribution is -2.40. The molecule has 0 radical (unpaired) electrons. The largest absolute Gasteiger partial charge is 0.524 e. The molecule has 0 spiro atoms. The van der Waals surface area contributed by atoms with Gasteiger partial charge in [0.1, 0.15) is 18.4 Å². The second-order valence-electron chi connectivity index (χ2n) is 9.89. The van der Waals surface area contributed by atoms with Gasteiger partial charge in [0, 0.05) is 24.4 Å². The number of carbonyl (C=O) groups is 4. The van der Waals surface area contributed by atoms with Crippen LogP contribution in [0.25, 0.3) is 0 Å². The van der Waals surface area contributed by atoms with E-state index in [0.717, 1.165) is 17.0 Å². The highest BCUT2D eigenvalue weighted by atomic mass is 31.2. The lowest BCUT2D eigenvalue weighted by Gasteiger charge is -2.25. The average molecular weight is 696 g/mol. The Morgan fingerprint density at radius 1 is 1.06 bits per heavy atom. The van der Waals surface area contributed by atoms with Crippen molar-refractivity contribution in [3.05, 3.63) is 94.5 Å². The molecule has 18 nitrogen and oxygen atoms in total. The van der Waals surface area contributed by atoms with E-state index in [1.54, 1.807) is 26.8 Å². The van der Waals surface area contributed by atoms with Crippen LogP contribution in [0.5, 0.6) is 5.75 Å². The molecule has 0 fully saturated rings. The second kappa shape index (κ2) is 15.7. The highest BCUT2D eigenvalue weighted by molar-refractivity contribution is 7.46. The van der Waals surface area contributed by atoms with Gasteiger partial charge in [-0.25, -0.2) is 24.0 Å². The number of aryl methyl sites for hydroxylation is 1. The van der Waals surface area contributed by atoms with E-state index in [9.17, 15) is 23.7 Å². The van der Waals surface area contributed by atoms with Crippen molar-refractivity contribution in [1.82, 2.24) is 15.5 Å². The van der Waals surface area contributed by atoms with E-state index < -0.39 is 38.5 Å². The number of benzene rings is 2. The monoisotopic (exact) mass is 695 g/mol. The number of H-pyrrole nitrogens is 1. The Morgan fingerprint density at radius 3 is 2.41 bits per heavy atom. The Balaban J connectivity index is 1.66. The first-order valence-electron chi connectivity index (χ1n) is 14.2. The normalized spacial score (nSPS) is 11.3. The Hall–Kier alpha value is -6.10. The fourth-order valence-electron chi connectivity index (χ4n) is 4.34. The first-order chi connectivity index (χ1) is 23.3. The number of hydrogen-bond acceptors (Lipinski definition) is 11. The summed E-state index contributed by atoms with van der Waals surface area (Å²) >= 11 is 0. The molecule has 49 heavy (non-hydrogen) atoms. The van der Waals surface area contributed by atoms with Crippen molar-refractivity contribution in [1.29, 1.82) is 5.41 Å². The first kappa shape index (κ1) is 35.7. The van der Waals surface area contributed by atoms with Crippen LogP contribution in [0, 0.1) is 19.3 Å². The van der Waals surface area contributed by atoms with Gasteiger partial charge in [-0.3, -0.25) is 24.8 Å². The van der Waals surface area contributed by atoms with E-state index in [2.05, 4.69) is 30.3 Å². The van der Waals surface area contributed by atoms with Gasteiger partial charge in [-0.15, -0.1) is 0 Å². The number of aromatic nitrogens is 2. The minimum Gasteiger partial charge on any atom is -0.424 e. The topological polar surface area (TPSA) is 259 Å². The van der Waals surface area contributed by atoms with Crippen LogP contribution < -0.4 is 20.1 Å². The van der Waals surface area contributed by atoms with Crippen molar-refractivity contribution in [2.45, 2.75) is 20.8 Å². The number of phosphoric acid groups is 1. The maximum absolute atomic E-state index is 13.8. The molecule has 0 saturated heterocycles. The molecule has 4 aromatic rings. The molecule has 0 aliphatic heterocycles. The first-order valence-corrected chi connectivity index (χ1v) is 15.7. The molecule has 2 aromatic carbocycles. The SMILES string of the molecule is CCNC(=O)c1c[nH]c(/C(=N\C=N)N(C(=O)OCOC(=O)c2ccc(OP(=O)(O)O)cc2)c2cc(C(=O)Nc3ccon3)ccc2C)c1C. The summed E-state index contributed by atoms with van der Waals surface area (Å²) in [6, 6.07) is 10.5. The van der Waals surface area contributed by atoms with Crippen molar-refractivity contribution in [3.8, 4) is 5.75 Å². The summed E-state index contributed by atoms with van der Waals surface area (Å²) in [5.74, 6) is -2.22. The molecular weight excluding hydrogens is 665 g/mol. The summed E-state index contributed by atoms with van der Waals surface area (Å²) in [4.78, 5) is 78.0. The predicted octanol–water partition coefficient (Wildman–Crippen LogP) is 3.90. The number of aromatic amines is 1. The molecule has 2 aromatic heterocycles. The van der Waals surface area contributed by atoms with Gasteiger partial charge in [0.25, 0.3) is 11.8 Å². The van der Waals surface area contributed by atoms with Gasteiger partial charge in [-0.2, -0.15) is 0 Å². The average Bonchev–Trinajstić information content (AvgIpc) is 3.70. The van der Waals surface area contributed by atoms with Gasteiger partial charge >= 0.3 is 19.9 Å². The third kappa shape index (κ3) is 9.04. The molecule has 0 atom stereocenters. The van der Waals surface area contributed by atoms with Gasteiger partial charge in [-0.1, -0.05) is 11.2 Å². The van der Waals surface area contributed by atoms with Crippen LogP contribution in [0.2, 0.25) is 0 Å². The van der Waals surface area contributed by atoms with Crippen LogP contribution in [0.1, 0.15) is 54.8 Å². The number of carbonyl (C=O) groups excluding carboxylic acids is 4. The van der Waals surface area contributed by atoms with Crippen LogP contribution in [0.4, 0.5) is 16.3 Å². The number of hydrogen-bond donors (Lipinski definition) is 6. The molecule has 6 N–H and O–H groups in total. The van der Waals surface area contributed by atoms with Gasteiger partial charge in [-0.05, 0) is 68.3 Å². The van der Waals surface area contributed by atoms with E-state index in [-0.39, 0.29) is 45.5 Å². The molecule has 2 heterocycles. The van der Waals surface area contributed by atoms with Crippen molar-refractivity contribution in [3.63, 3.8) is 0 Å². The standard InChI is InChI=1S/C30H30N7O11P/c1-4-32-28(39)22-14-33-25(18(22)3)26(34-15-31)37(23-13-20(6-5-17(23)2)27(38)35-24-11-12-47-36-24)30(41)46-16-45-29(40)19-7-9-21(10-8-19)48-49(42,43)44/h5-15,31,33H,4,16H2,1-3H3,(H,32,39)(H,35,36,38)(H2,42,43,44)/b31-15?,34-26+. The van der Waals surface area contributed by atoms with Crippen molar-refractivity contribution < 1.29 is 52.1 Å². The number of esters is 1. The van der Waals surface area contributed by atoms with Crippen LogP contribution in [-0.2, 0) is 14.0 Å². The summed E-state index contributed by atoms with van der Waals surface area (Å²) in [5.41, 5.74) is 1.34. The third-order valence-corrected chi connectivity index (χ3v) is 7.05. The Labute approximate surface area is 277 Å². The zero-order valence-electron chi connectivity index (χ0n) is 26.1. The zero-order chi connectivity index (χ0) is 35.7. The second-order valence-corrected chi connectivity index (χ2v) is 11.0. The van der Waals surface area contributed by atoms with E-state index in [1.807, 2.05) is 0 Å². The summed E-state index contributed by atoms with van der Waals surface area (Å²) in [6.07, 6.45) is 2.19. The van der Waals surface area contributed by atoms with Gasteiger partial charge < -0.3 is 34.1 Å². The minimum atomic E-state index is -4.81. The Kier molecular flexibility index (Phi) is 11.4. The van der Waals surface area contributed by atoms with Gasteiger partial charge in [0.2, 0.25) is 6.79 Å². The molecule has 0 aliphatic carbocycles. The fraction of sp³-hybridized carbons (Fsp3) is 0.167. The van der Waals surface area contributed by atoms with Crippen LogP contribution in [0.15, 0.2) is 70.5 Å². The lowest BCUT2D eigenvalue weighted by molar-refractivity contribution is 0.0000922. The number of anilines is 2. The maximum Gasteiger partial charge on any atom is 0.524 e. The number of aliphatic imine (C=N–C) groups is 1. The van der Waals surface area contributed by atoms with Gasteiger partial charge in [0.15, 0.2) is 11.7 Å². The molecule has 3 amide bonds. The quantitative estimate of drug-likeness (QED) is 0.0405. The Bertz CT molecular complexity index is 1930. The fourth-order valence-corrected chi connectivity index (χ4v) is 4.74. The Morgan fingerprint density at radius 2 is 1.78 bits per heavy atom. The smallest absolute Gasteiger partial charge is 0.424 e. The summed E-state index contributed by atoms with van der Waals surface area (Å²) < 4.78 is 30.6. The van der Waals surface area contributed by atoms with Crippen LogP contribution >= 0.6 is 7.82 Å². The summed E-state index contributed by atoms with van der Waals surface area (Å²) in [7, 11) is -4.81. The molecule has 4 rings (SSSR count).